The molecule has 1 aliphatic rings. The number of amides is 1. The zero-order valence-corrected chi connectivity index (χ0v) is 14.0. The molecule has 0 aromatic carbocycles. The molecule has 0 unspecified atom stereocenters. The van der Waals surface area contributed by atoms with Crippen molar-refractivity contribution in [3.05, 3.63) is 16.1 Å². The van der Waals surface area contributed by atoms with Gasteiger partial charge in [0.1, 0.15) is 17.8 Å². The standard InChI is InChI=1S/C14H18IN5O/c1-8(21)19-9-2-4-10(5-3-9)20-6-11(15)12-13(16)17-7-18-14(12)20/h6-7,9-10H,2-5H2,1H3,(H,19,21)(H2,16,17,18). The summed E-state index contributed by atoms with van der Waals surface area (Å²) in [7, 11) is 0. The second kappa shape index (κ2) is 5.78. The van der Waals surface area contributed by atoms with E-state index in [-0.39, 0.29) is 5.91 Å². The van der Waals surface area contributed by atoms with Gasteiger partial charge in [-0.25, -0.2) is 9.97 Å². The summed E-state index contributed by atoms with van der Waals surface area (Å²) in [5.41, 5.74) is 6.87. The number of fused-ring (bicyclic) bond motifs is 1. The average Bonchev–Trinajstić information content (AvgIpc) is 2.78. The number of hydrogen-bond acceptors (Lipinski definition) is 4. The number of nitrogens with one attached hydrogen (secondary N) is 1. The first-order valence-corrected chi connectivity index (χ1v) is 8.17. The van der Waals surface area contributed by atoms with Crippen LogP contribution in [0.4, 0.5) is 5.82 Å². The highest BCUT2D eigenvalue weighted by Gasteiger charge is 2.25. The quantitative estimate of drug-likeness (QED) is 0.759. The lowest BCUT2D eigenvalue weighted by molar-refractivity contribution is -0.119. The molecule has 6 nitrogen and oxygen atoms in total. The van der Waals surface area contributed by atoms with Gasteiger partial charge in [0, 0.05) is 28.8 Å². The van der Waals surface area contributed by atoms with Gasteiger partial charge in [-0.2, -0.15) is 0 Å². The summed E-state index contributed by atoms with van der Waals surface area (Å²) < 4.78 is 3.31. The third kappa shape index (κ3) is 2.83. The van der Waals surface area contributed by atoms with Crippen molar-refractivity contribution in [2.24, 2.45) is 0 Å². The van der Waals surface area contributed by atoms with Crippen molar-refractivity contribution in [2.75, 3.05) is 5.73 Å². The van der Waals surface area contributed by atoms with Crippen molar-refractivity contribution in [1.29, 1.82) is 0 Å². The fourth-order valence-electron chi connectivity index (χ4n) is 3.13. The lowest BCUT2D eigenvalue weighted by Crippen LogP contribution is -2.36. The van der Waals surface area contributed by atoms with Crippen molar-refractivity contribution in [3.8, 4) is 0 Å². The van der Waals surface area contributed by atoms with E-state index < -0.39 is 0 Å². The number of nitrogens with two attached hydrogens (primary N) is 1. The molecule has 0 bridgehead atoms. The molecule has 0 atom stereocenters. The highest BCUT2D eigenvalue weighted by molar-refractivity contribution is 14.1. The molecule has 1 aliphatic carbocycles. The van der Waals surface area contributed by atoms with Gasteiger partial charge in [-0.1, -0.05) is 0 Å². The van der Waals surface area contributed by atoms with Crippen LogP contribution in [0, 0.1) is 3.57 Å². The van der Waals surface area contributed by atoms with Crippen LogP contribution in [0.2, 0.25) is 0 Å². The molecule has 7 heteroatoms. The number of halogens is 1. The number of hydrogen-bond donors (Lipinski definition) is 2. The minimum absolute atomic E-state index is 0.0555. The van der Waals surface area contributed by atoms with E-state index in [0.29, 0.717) is 17.9 Å². The van der Waals surface area contributed by atoms with Crippen molar-refractivity contribution in [3.63, 3.8) is 0 Å². The molecule has 1 saturated carbocycles. The molecule has 2 heterocycles. The summed E-state index contributed by atoms with van der Waals surface area (Å²) in [4.78, 5) is 19.6. The molecule has 1 amide bonds. The fourth-order valence-corrected chi connectivity index (χ4v) is 3.94. The van der Waals surface area contributed by atoms with E-state index in [0.717, 1.165) is 40.3 Å². The van der Waals surface area contributed by atoms with Crippen molar-refractivity contribution in [2.45, 2.75) is 44.7 Å². The van der Waals surface area contributed by atoms with Gasteiger partial charge >= 0.3 is 0 Å². The first kappa shape index (κ1) is 14.6. The van der Waals surface area contributed by atoms with E-state index in [1.165, 1.54) is 6.33 Å². The van der Waals surface area contributed by atoms with Gasteiger partial charge in [-0.3, -0.25) is 4.79 Å². The van der Waals surface area contributed by atoms with Crippen LogP contribution in [0.1, 0.15) is 38.6 Å². The lowest BCUT2D eigenvalue weighted by atomic mass is 9.91. The summed E-state index contributed by atoms with van der Waals surface area (Å²) in [6.45, 7) is 1.58. The maximum atomic E-state index is 11.1. The average molecular weight is 399 g/mol. The minimum Gasteiger partial charge on any atom is -0.383 e. The number of aromatic nitrogens is 3. The molecule has 3 rings (SSSR count). The fraction of sp³-hybridized carbons (Fsp3) is 0.500. The van der Waals surface area contributed by atoms with Gasteiger partial charge in [-0.05, 0) is 48.3 Å². The Morgan fingerprint density at radius 2 is 2.10 bits per heavy atom. The first-order chi connectivity index (χ1) is 10.1. The molecule has 2 aromatic heterocycles. The van der Waals surface area contributed by atoms with Gasteiger partial charge in [-0.15, -0.1) is 0 Å². The number of carbonyl (C=O) groups excluding carboxylic acids is 1. The monoisotopic (exact) mass is 399 g/mol. The molecule has 3 N–H and O–H groups in total. The smallest absolute Gasteiger partial charge is 0.217 e. The Morgan fingerprint density at radius 3 is 2.76 bits per heavy atom. The maximum absolute atomic E-state index is 11.1. The van der Waals surface area contributed by atoms with Crippen LogP contribution in [0.15, 0.2) is 12.5 Å². The molecular formula is C14H18IN5O. The van der Waals surface area contributed by atoms with Gasteiger partial charge < -0.3 is 15.6 Å². The predicted octanol–water partition coefficient (Wildman–Crippen LogP) is 2.24. The highest BCUT2D eigenvalue weighted by atomic mass is 127. The van der Waals surface area contributed by atoms with Crippen LogP contribution in [0.5, 0.6) is 0 Å². The predicted molar refractivity (Wildman–Crippen MR) is 89.8 cm³/mol. The normalized spacial score (nSPS) is 22.4. The molecule has 0 aliphatic heterocycles. The summed E-state index contributed by atoms with van der Waals surface area (Å²) in [5.74, 6) is 0.593. The van der Waals surface area contributed by atoms with Gasteiger partial charge in [0.15, 0.2) is 0 Å². The van der Waals surface area contributed by atoms with Crippen molar-refractivity contribution >= 4 is 45.3 Å². The van der Waals surface area contributed by atoms with Crippen LogP contribution in [-0.4, -0.2) is 26.5 Å². The summed E-state index contributed by atoms with van der Waals surface area (Å²) in [6.07, 6.45) is 7.71. The Balaban J connectivity index is 1.83. The van der Waals surface area contributed by atoms with Crippen LogP contribution in [0.3, 0.4) is 0 Å². The molecule has 0 spiro atoms. The Bertz CT molecular complexity index is 675. The topological polar surface area (TPSA) is 85.8 Å². The van der Waals surface area contributed by atoms with Crippen LogP contribution >= 0.6 is 22.6 Å². The van der Waals surface area contributed by atoms with Gasteiger partial charge in [0.05, 0.1) is 5.39 Å². The number of nitrogens with zero attached hydrogens (tertiary/aromatic N) is 3. The largest absolute Gasteiger partial charge is 0.383 e. The Kier molecular flexibility index (Phi) is 4.01. The SMILES string of the molecule is CC(=O)NC1CCC(n2cc(I)c3c(N)ncnc32)CC1. The van der Waals surface area contributed by atoms with Crippen LogP contribution < -0.4 is 11.1 Å². The van der Waals surface area contributed by atoms with E-state index in [1.807, 2.05) is 0 Å². The lowest BCUT2D eigenvalue weighted by Gasteiger charge is -2.30. The maximum Gasteiger partial charge on any atom is 0.217 e. The van der Waals surface area contributed by atoms with Gasteiger partial charge in [0.2, 0.25) is 5.91 Å². The number of nitrogen functional groups attached to an aromatic ring is 1. The van der Waals surface area contributed by atoms with E-state index in [9.17, 15) is 4.79 Å². The third-order valence-corrected chi connectivity index (χ3v) is 4.91. The molecule has 21 heavy (non-hydrogen) atoms. The zero-order chi connectivity index (χ0) is 15.0. The van der Waals surface area contributed by atoms with Crippen LogP contribution in [0.25, 0.3) is 11.0 Å². The molecule has 1 fully saturated rings. The second-order valence-corrected chi connectivity index (χ2v) is 6.71. The first-order valence-electron chi connectivity index (χ1n) is 7.10. The molecule has 0 radical (unpaired) electrons. The number of rotatable bonds is 2. The van der Waals surface area contributed by atoms with Crippen molar-refractivity contribution < 1.29 is 4.79 Å². The highest BCUT2D eigenvalue weighted by Crippen LogP contribution is 2.34. The number of anilines is 1. The molecule has 2 aromatic rings. The van der Waals surface area contributed by atoms with E-state index >= 15 is 0 Å². The second-order valence-electron chi connectivity index (χ2n) is 5.55. The molecular weight excluding hydrogens is 381 g/mol. The number of carbonyl (C=O) groups is 1. The third-order valence-electron chi connectivity index (χ3n) is 4.09. The summed E-state index contributed by atoms with van der Waals surface area (Å²) in [6, 6.07) is 0.717. The van der Waals surface area contributed by atoms with E-state index in [4.69, 9.17) is 5.73 Å². The Morgan fingerprint density at radius 1 is 1.38 bits per heavy atom. The Labute approximate surface area is 136 Å². The summed E-state index contributed by atoms with van der Waals surface area (Å²) in [5, 5.41) is 3.96. The Hall–Kier alpha value is -1.38. The molecule has 112 valence electrons. The van der Waals surface area contributed by atoms with Crippen LogP contribution in [-0.2, 0) is 4.79 Å². The minimum atomic E-state index is 0.0555. The van der Waals surface area contributed by atoms with E-state index in [1.54, 1.807) is 6.92 Å². The summed E-state index contributed by atoms with van der Waals surface area (Å²) >= 11 is 2.28. The van der Waals surface area contributed by atoms with Gasteiger partial charge in [0.25, 0.3) is 0 Å². The van der Waals surface area contributed by atoms with E-state index in [2.05, 4.69) is 48.6 Å². The van der Waals surface area contributed by atoms with Crippen molar-refractivity contribution in [1.82, 2.24) is 19.9 Å². The molecule has 0 saturated heterocycles. The zero-order valence-electron chi connectivity index (χ0n) is 11.8.